The summed E-state index contributed by atoms with van der Waals surface area (Å²) in [4.78, 5) is 16.1. The van der Waals surface area contributed by atoms with E-state index in [1.54, 1.807) is 12.3 Å². The number of hydrogen-bond donors (Lipinski definition) is 2. The molecule has 2 rings (SSSR count). The summed E-state index contributed by atoms with van der Waals surface area (Å²) in [6.45, 7) is 3.87. The maximum atomic E-state index is 12.0. The zero-order valence-electron chi connectivity index (χ0n) is 10.4. The number of carbonyl (C=O) groups is 1. The van der Waals surface area contributed by atoms with Crippen LogP contribution in [0.15, 0.2) is 12.3 Å². The van der Waals surface area contributed by atoms with Crippen molar-refractivity contribution in [2.45, 2.75) is 39.2 Å². The van der Waals surface area contributed by atoms with E-state index in [2.05, 4.69) is 10.3 Å². The first kappa shape index (κ1) is 11.9. The SMILES string of the molecule is Cc1ncc(N)cc1C(=O)NC(C)CC1CC1. The Morgan fingerprint density at radius 3 is 3.00 bits per heavy atom. The van der Waals surface area contributed by atoms with Gasteiger partial charge in [0.2, 0.25) is 0 Å². The van der Waals surface area contributed by atoms with Gasteiger partial charge in [-0.15, -0.1) is 0 Å². The van der Waals surface area contributed by atoms with Crippen LogP contribution in [0, 0.1) is 12.8 Å². The second-order valence-electron chi connectivity index (χ2n) is 4.96. The number of hydrogen-bond acceptors (Lipinski definition) is 3. The smallest absolute Gasteiger partial charge is 0.253 e. The lowest BCUT2D eigenvalue weighted by Crippen LogP contribution is -2.33. The van der Waals surface area contributed by atoms with Crippen molar-refractivity contribution in [2.75, 3.05) is 5.73 Å². The number of amides is 1. The lowest BCUT2D eigenvalue weighted by Gasteiger charge is -2.14. The molecule has 1 saturated carbocycles. The molecule has 1 aromatic rings. The highest BCUT2D eigenvalue weighted by molar-refractivity contribution is 5.96. The quantitative estimate of drug-likeness (QED) is 0.834. The Bertz CT molecular complexity index is 427. The van der Waals surface area contributed by atoms with Gasteiger partial charge in [-0.2, -0.15) is 0 Å². The number of aromatic nitrogens is 1. The van der Waals surface area contributed by atoms with Crippen LogP contribution in [0.3, 0.4) is 0 Å². The zero-order valence-corrected chi connectivity index (χ0v) is 10.4. The minimum Gasteiger partial charge on any atom is -0.397 e. The predicted molar refractivity (Wildman–Crippen MR) is 67.7 cm³/mol. The van der Waals surface area contributed by atoms with Gasteiger partial charge in [0.15, 0.2) is 0 Å². The molecule has 1 amide bonds. The van der Waals surface area contributed by atoms with Crippen molar-refractivity contribution in [3.8, 4) is 0 Å². The molecule has 1 unspecified atom stereocenters. The highest BCUT2D eigenvalue weighted by Crippen LogP contribution is 2.33. The van der Waals surface area contributed by atoms with Crippen LogP contribution in [-0.4, -0.2) is 16.9 Å². The van der Waals surface area contributed by atoms with E-state index in [1.807, 2.05) is 13.8 Å². The lowest BCUT2D eigenvalue weighted by molar-refractivity contribution is 0.0936. The summed E-state index contributed by atoms with van der Waals surface area (Å²) >= 11 is 0. The van der Waals surface area contributed by atoms with Gasteiger partial charge in [-0.3, -0.25) is 9.78 Å². The first-order valence-electron chi connectivity index (χ1n) is 6.09. The molecule has 1 aliphatic rings. The van der Waals surface area contributed by atoms with Gasteiger partial charge in [0.1, 0.15) is 0 Å². The van der Waals surface area contributed by atoms with E-state index in [1.165, 1.54) is 12.8 Å². The fourth-order valence-electron chi connectivity index (χ4n) is 1.99. The Hall–Kier alpha value is -1.58. The minimum atomic E-state index is -0.0737. The Labute approximate surface area is 102 Å². The van der Waals surface area contributed by atoms with Crippen LogP contribution in [0.2, 0.25) is 0 Å². The maximum Gasteiger partial charge on any atom is 0.253 e. The van der Waals surface area contributed by atoms with Crippen LogP contribution >= 0.6 is 0 Å². The van der Waals surface area contributed by atoms with Crippen molar-refractivity contribution in [1.82, 2.24) is 10.3 Å². The maximum absolute atomic E-state index is 12.0. The molecule has 0 aromatic carbocycles. The number of rotatable bonds is 4. The second-order valence-corrected chi connectivity index (χ2v) is 4.96. The van der Waals surface area contributed by atoms with Crippen LogP contribution in [0.25, 0.3) is 0 Å². The zero-order chi connectivity index (χ0) is 12.4. The third-order valence-electron chi connectivity index (χ3n) is 3.11. The summed E-state index contributed by atoms with van der Waals surface area (Å²) in [5.41, 5.74) is 7.46. The summed E-state index contributed by atoms with van der Waals surface area (Å²) in [5.74, 6) is 0.737. The van der Waals surface area contributed by atoms with Gasteiger partial charge in [0, 0.05) is 6.04 Å². The van der Waals surface area contributed by atoms with Crippen molar-refractivity contribution in [1.29, 1.82) is 0 Å². The highest BCUT2D eigenvalue weighted by Gasteiger charge is 2.24. The van der Waals surface area contributed by atoms with E-state index < -0.39 is 0 Å². The molecule has 1 fully saturated rings. The fourth-order valence-corrected chi connectivity index (χ4v) is 1.99. The Balaban J connectivity index is 2.00. The van der Waals surface area contributed by atoms with E-state index in [-0.39, 0.29) is 11.9 Å². The summed E-state index contributed by atoms with van der Waals surface area (Å²) in [6, 6.07) is 1.90. The van der Waals surface area contributed by atoms with E-state index in [4.69, 9.17) is 5.73 Å². The van der Waals surface area contributed by atoms with Crippen molar-refractivity contribution < 1.29 is 4.79 Å². The average Bonchev–Trinajstić information content (AvgIpc) is 3.05. The fraction of sp³-hybridized carbons (Fsp3) is 0.538. The highest BCUT2D eigenvalue weighted by atomic mass is 16.1. The minimum absolute atomic E-state index is 0.0737. The topological polar surface area (TPSA) is 68.0 Å². The van der Waals surface area contributed by atoms with Gasteiger partial charge < -0.3 is 11.1 Å². The monoisotopic (exact) mass is 233 g/mol. The number of anilines is 1. The lowest BCUT2D eigenvalue weighted by atomic mass is 10.1. The number of aryl methyl sites for hydroxylation is 1. The van der Waals surface area contributed by atoms with Crippen molar-refractivity contribution in [3.63, 3.8) is 0 Å². The molecule has 17 heavy (non-hydrogen) atoms. The van der Waals surface area contributed by atoms with Crippen molar-refractivity contribution in [3.05, 3.63) is 23.5 Å². The van der Waals surface area contributed by atoms with Crippen molar-refractivity contribution >= 4 is 11.6 Å². The predicted octanol–water partition coefficient (Wildman–Crippen LogP) is 1.89. The molecule has 0 bridgehead atoms. The van der Waals surface area contributed by atoms with E-state index in [0.29, 0.717) is 11.3 Å². The molecule has 0 radical (unpaired) electrons. The first-order valence-corrected chi connectivity index (χ1v) is 6.09. The van der Waals surface area contributed by atoms with E-state index in [0.717, 1.165) is 18.0 Å². The molecular formula is C13H19N3O. The number of pyridine rings is 1. The van der Waals surface area contributed by atoms with Gasteiger partial charge in [0.25, 0.3) is 5.91 Å². The molecule has 1 heterocycles. The average molecular weight is 233 g/mol. The standard InChI is InChI=1S/C13H19N3O/c1-8(5-10-3-4-10)16-13(17)12-6-11(14)7-15-9(12)2/h6-8,10H,3-5,14H2,1-2H3,(H,16,17). The van der Waals surface area contributed by atoms with E-state index in [9.17, 15) is 4.79 Å². The van der Waals surface area contributed by atoms with Crippen molar-refractivity contribution in [2.24, 2.45) is 5.92 Å². The molecule has 4 nitrogen and oxygen atoms in total. The molecule has 1 aromatic heterocycles. The molecule has 3 N–H and O–H groups in total. The largest absolute Gasteiger partial charge is 0.397 e. The van der Waals surface area contributed by atoms with Gasteiger partial charge in [-0.25, -0.2) is 0 Å². The van der Waals surface area contributed by atoms with Crippen LogP contribution < -0.4 is 11.1 Å². The molecular weight excluding hydrogens is 214 g/mol. The number of nitrogen functional groups attached to an aromatic ring is 1. The van der Waals surface area contributed by atoms with Crippen LogP contribution in [0.1, 0.15) is 42.2 Å². The Morgan fingerprint density at radius 2 is 2.35 bits per heavy atom. The van der Waals surface area contributed by atoms with Gasteiger partial charge in [-0.05, 0) is 32.3 Å². The Kier molecular flexibility index (Phi) is 3.31. The normalized spacial score (nSPS) is 16.6. The Morgan fingerprint density at radius 1 is 1.65 bits per heavy atom. The molecule has 0 aliphatic heterocycles. The molecule has 4 heteroatoms. The number of nitrogens with two attached hydrogens (primary N) is 1. The second kappa shape index (κ2) is 4.73. The third-order valence-corrected chi connectivity index (χ3v) is 3.11. The van der Waals surface area contributed by atoms with Crippen LogP contribution in [-0.2, 0) is 0 Å². The molecule has 92 valence electrons. The van der Waals surface area contributed by atoms with Crippen LogP contribution in [0.4, 0.5) is 5.69 Å². The molecule has 1 aliphatic carbocycles. The summed E-state index contributed by atoms with van der Waals surface area (Å²) in [6.07, 6.45) is 5.25. The molecule has 0 spiro atoms. The van der Waals surface area contributed by atoms with Gasteiger partial charge in [0.05, 0.1) is 23.1 Å². The number of nitrogens with one attached hydrogen (secondary N) is 1. The van der Waals surface area contributed by atoms with Gasteiger partial charge in [-0.1, -0.05) is 12.8 Å². The summed E-state index contributed by atoms with van der Waals surface area (Å²) in [7, 11) is 0. The summed E-state index contributed by atoms with van der Waals surface area (Å²) in [5, 5.41) is 3.00. The third kappa shape index (κ3) is 3.19. The van der Waals surface area contributed by atoms with Gasteiger partial charge >= 0.3 is 0 Å². The number of nitrogens with zero attached hydrogens (tertiary/aromatic N) is 1. The molecule has 1 atom stereocenters. The van der Waals surface area contributed by atoms with Crippen LogP contribution in [0.5, 0.6) is 0 Å². The molecule has 0 saturated heterocycles. The summed E-state index contributed by atoms with van der Waals surface area (Å²) < 4.78 is 0. The van der Waals surface area contributed by atoms with E-state index >= 15 is 0 Å². The number of carbonyl (C=O) groups excluding carboxylic acids is 1. The first-order chi connectivity index (χ1) is 8.06.